The maximum atomic E-state index is 12.6. The Hall–Kier alpha value is -3.55. The first-order valence-corrected chi connectivity index (χ1v) is 10.7. The number of nitrogens with zero attached hydrogens (tertiary/aromatic N) is 3. The number of likely N-dealkylation sites (tertiary alicyclic amines) is 1. The summed E-state index contributed by atoms with van der Waals surface area (Å²) in [6.45, 7) is 3.70. The van der Waals surface area contributed by atoms with Crippen molar-refractivity contribution < 1.29 is 23.5 Å². The summed E-state index contributed by atoms with van der Waals surface area (Å²) in [5.41, 5.74) is 1.90. The lowest BCUT2D eigenvalue weighted by molar-refractivity contribution is -0.127. The predicted octanol–water partition coefficient (Wildman–Crippen LogP) is 3.71. The quantitative estimate of drug-likeness (QED) is 0.504. The van der Waals surface area contributed by atoms with E-state index in [0.29, 0.717) is 49.3 Å². The van der Waals surface area contributed by atoms with Crippen molar-refractivity contribution in [1.29, 1.82) is 0 Å². The third-order valence-corrected chi connectivity index (χ3v) is 5.53. The second-order valence-corrected chi connectivity index (χ2v) is 7.60. The number of carbonyl (C=O) groups is 1. The lowest BCUT2D eigenvalue weighted by Gasteiger charge is -2.16. The van der Waals surface area contributed by atoms with Gasteiger partial charge in [0.25, 0.3) is 0 Å². The molecule has 1 aliphatic heterocycles. The fourth-order valence-electron chi connectivity index (χ4n) is 3.86. The molecule has 0 saturated carbocycles. The molecule has 1 unspecified atom stereocenters. The zero-order chi connectivity index (χ0) is 22.5. The Labute approximate surface area is 187 Å². The minimum absolute atomic E-state index is 0.0913. The second-order valence-electron chi connectivity index (χ2n) is 7.60. The minimum Gasteiger partial charge on any atom is -0.494 e. The van der Waals surface area contributed by atoms with Crippen molar-refractivity contribution in [1.82, 2.24) is 15.0 Å². The molecule has 8 heteroatoms. The third-order valence-electron chi connectivity index (χ3n) is 5.53. The van der Waals surface area contributed by atoms with Gasteiger partial charge in [-0.15, -0.1) is 0 Å². The first-order chi connectivity index (χ1) is 15.6. The number of aromatic nitrogens is 2. The van der Waals surface area contributed by atoms with Crippen LogP contribution in [0.15, 0.2) is 47.0 Å². The van der Waals surface area contributed by atoms with E-state index in [0.717, 1.165) is 23.3 Å². The standard InChI is InChI=1S/C24H27N3O5/c1-4-31-19-7-5-6-17(13-19)23-25-24(32-26-23)18-14-22(28)27(15-18)11-10-16-8-9-20(29-2)21(12-16)30-3/h5-9,12-13,18H,4,10-11,14-15H2,1-3H3. The van der Waals surface area contributed by atoms with Gasteiger partial charge in [0, 0.05) is 25.1 Å². The van der Waals surface area contributed by atoms with Gasteiger partial charge in [0.05, 0.1) is 26.7 Å². The van der Waals surface area contributed by atoms with Gasteiger partial charge in [-0.1, -0.05) is 23.4 Å². The van der Waals surface area contributed by atoms with E-state index < -0.39 is 0 Å². The maximum Gasteiger partial charge on any atom is 0.232 e. The lowest BCUT2D eigenvalue weighted by Crippen LogP contribution is -2.27. The molecule has 32 heavy (non-hydrogen) atoms. The van der Waals surface area contributed by atoms with E-state index in [9.17, 15) is 4.79 Å². The van der Waals surface area contributed by atoms with Crippen LogP contribution in [0.2, 0.25) is 0 Å². The van der Waals surface area contributed by atoms with Crippen molar-refractivity contribution in [3.05, 3.63) is 53.9 Å². The Kier molecular flexibility index (Phi) is 6.58. The van der Waals surface area contributed by atoms with E-state index in [1.54, 1.807) is 14.2 Å². The fraction of sp³-hybridized carbons (Fsp3) is 0.375. The molecule has 8 nitrogen and oxygen atoms in total. The summed E-state index contributed by atoms with van der Waals surface area (Å²) in [5.74, 6) is 3.10. The normalized spacial score (nSPS) is 15.8. The van der Waals surface area contributed by atoms with Crippen LogP contribution < -0.4 is 14.2 Å². The topological polar surface area (TPSA) is 86.9 Å². The van der Waals surface area contributed by atoms with Gasteiger partial charge in [-0.05, 0) is 43.2 Å². The minimum atomic E-state index is -0.107. The molecule has 168 valence electrons. The molecular weight excluding hydrogens is 410 g/mol. The maximum absolute atomic E-state index is 12.6. The highest BCUT2D eigenvalue weighted by atomic mass is 16.5. The Morgan fingerprint density at radius 2 is 1.97 bits per heavy atom. The molecule has 1 saturated heterocycles. The Morgan fingerprint density at radius 1 is 1.12 bits per heavy atom. The number of rotatable bonds is 9. The Bertz CT molecular complexity index is 1080. The Balaban J connectivity index is 1.39. The van der Waals surface area contributed by atoms with Crippen molar-refractivity contribution in [3.63, 3.8) is 0 Å². The molecule has 1 aromatic heterocycles. The van der Waals surface area contributed by atoms with Crippen LogP contribution in [0.25, 0.3) is 11.4 Å². The monoisotopic (exact) mass is 437 g/mol. The predicted molar refractivity (Wildman–Crippen MR) is 118 cm³/mol. The number of amides is 1. The summed E-state index contributed by atoms with van der Waals surface area (Å²) in [6, 6.07) is 13.4. The van der Waals surface area contributed by atoms with Gasteiger partial charge in [0.1, 0.15) is 5.75 Å². The van der Waals surface area contributed by atoms with Crippen molar-refractivity contribution >= 4 is 5.91 Å². The van der Waals surface area contributed by atoms with Crippen LogP contribution in [-0.4, -0.2) is 54.9 Å². The number of ether oxygens (including phenoxy) is 3. The van der Waals surface area contributed by atoms with Crippen molar-refractivity contribution in [3.8, 4) is 28.6 Å². The van der Waals surface area contributed by atoms with Gasteiger partial charge in [0.2, 0.25) is 17.6 Å². The van der Waals surface area contributed by atoms with Crippen molar-refractivity contribution in [2.75, 3.05) is 33.9 Å². The zero-order valence-corrected chi connectivity index (χ0v) is 18.5. The van der Waals surface area contributed by atoms with Gasteiger partial charge < -0.3 is 23.6 Å². The second kappa shape index (κ2) is 9.72. The van der Waals surface area contributed by atoms with E-state index in [1.165, 1.54) is 0 Å². The number of hydrogen-bond acceptors (Lipinski definition) is 7. The van der Waals surface area contributed by atoms with Gasteiger partial charge >= 0.3 is 0 Å². The molecule has 0 spiro atoms. The molecule has 1 fully saturated rings. The average molecular weight is 437 g/mol. The smallest absolute Gasteiger partial charge is 0.232 e. The van der Waals surface area contributed by atoms with Crippen LogP contribution >= 0.6 is 0 Å². The molecular formula is C24H27N3O5. The van der Waals surface area contributed by atoms with Gasteiger partial charge in [-0.3, -0.25) is 4.79 Å². The SMILES string of the molecule is CCOc1cccc(-c2noc(C3CC(=O)N(CCc4ccc(OC)c(OC)c4)C3)n2)c1. The van der Waals surface area contributed by atoms with E-state index in [1.807, 2.05) is 54.3 Å². The summed E-state index contributed by atoms with van der Waals surface area (Å²) in [6.07, 6.45) is 1.09. The number of benzene rings is 2. The van der Waals surface area contributed by atoms with Gasteiger partial charge in [0.15, 0.2) is 11.5 Å². The molecule has 1 amide bonds. The van der Waals surface area contributed by atoms with Crippen LogP contribution in [0.4, 0.5) is 0 Å². The average Bonchev–Trinajstić information content (AvgIpc) is 3.45. The Morgan fingerprint density at radius 3 is 2.75 bits per heavy atom. The molecule has 0 radical (unpaired) electrons. The summed E-state index contributed by atoms with van der Waals surface area (Å²) in [4.78, 5) is 19.0. The van der Waals surface area contributed by atoms with Gasteiger partial charge in [-0.25, -0.2) is 0 Å². The van der Waals surface area contributed by atoms with Crippen molar-refractivity contribution in [2.24, 2.45) is 0 Å². The molecule has 2 aromatic carbocycles. The van der Waals surface area contributed by atoms with E-state index >= 15 is 0 Å². The molecule has 0 N–H and O–H groups in total. The van der Waals surface area contributed by atoms with Crippen LogP contribution in [-0.2, 0) is 11.2 Å². The number of hydrogen-bond donors (Lipinski definition) is 0. The van der Waals surface area contributed by atoms with Crippen LogP contribution in [0.5, 0.6) is 17.2 Å². The summed E-state index contributed by atoms with van der Waals surface area (Å²) >= 11 is 0. The summed E-state index contributed by atoms with van der Waals surface area (Å²) < 4.78 is 21.7. The molecule has 3 aromatic rings. The summed E-state index contributed by atoms with van der Waals surface area (Å²) in [5, 5.41) is 4.11. The zero-order valence-electron chi connectivity index (χ0n) is 18.5. The number of methoxy groups -OCH3 is 2. The van der Waals surface area contributed by atoms with E-state index in [-0.39, 0.29) is 11.8 Å². The molecule has 0 aliphatic carbocycles. The highest BCUT2D eigenvalue weighted by Crippen LogP contribution is 2.31. The first kappa shape index (κ1) is 21.7. The largest absolute Gasteiger partial charge is 0.494 e. The molecule has 1 atom stereocenters. The van der Waals surface area contributed by atoms with Crippen LogP contribution in [0.1, 0.15) is 30.7 Å². The highest BCUT2D eigenvalue weighted by Gasteiger charge is 2.34. The van der Waals surface area contributed by atoms with E-state index in [4.69, 9.17) is 18.7 Å². The molecule has 1 aliphatic rings. The van der Waals surface area contributed by atoms with Crippen LogP contribution in [0, 0.1) is 0 Å². The molecule has 4 rings (SSSR count). The van der Waals surface area contributed by atoms with Crippen LogP contribution in [0.3, 0.4) is 0 Å². The van der Waals surface area contributed by atoms with Gasteiger partial charge in [-0.2, -0.15) is 4.98 Å². The lowest BCUT2D eigenvalue weighted by atomic mass is 10.1. The van der Waals surface area contributed by atoms with Crippen molar-refractivity contribution in [2.45, 2.75) is 25.7 Å². The summed E-state index contributed by atoms with van der Waals surface area (Å²) in [7, 11) is 3.22. The highest BCUT2D eigenvalue weighted by molar-refractivity contribution is 5.79. The molecule has 2 heterocycles. The number of carbonyl (C=O) groups excluding carboxylic acids is 1. The van der Waals surface area contributed by atoms with E-state index in [2.05, 4.69) is 10.1 Å². The third kappa shape index (κ3) is 4.69. The molecule has 0 bridgehead atoms. The first-order valence-electron chi connectivity index (χ1n) is 10.7. The fourth-order valence-corrected chi connectivity index (χ4v) is 3.86.